The first-order valence-electron chi connectivity index (χ1n) is 9.11. The number of carbonyl (C=O) groups is 1. The molecule has 0 spiro atoms. The maximum atomic E-state index is 12.3. The number of hydrogen-bond acceptors (Lipinski definition) is 4. The molecule has 0 saturated carbocycles. The quantitative estimate of drug-likeness (QED) is 0.293. The van der Waals surface area contributed by atoms with Gasteiger partial charge in [0.2, 0.25) is 5.91 Å². The summed E-state index contributed by atoms with van der Waals surface area (Å²) in [4.78, 5) is 21.0. The van der Waals surface area contributed by atoms with Crippen LogP contribution in [0.3, 0.4) is 0 Å². The Labute approximate surface area is 196 Å². The molecule has 6 nitrogen and oxygen atoms in total. The molecule has 2 aromatic rings. The minimum Gasteiger partial charge on any atom is -0.435 e. The number of amides is 1. The van der Waals surface area contributed by atoms with E-state index in [2.05, 4.69) is 21.1 Å². The van der Waals surface area contributed by atoms with Crippen molar-refractivity contribution in [1.82, 2.24) is 15.1 Å². The Morgan fingerprint density at radius 3 is 2.47 bits per heavy atom. The van der Waals surface area contributed by atoms with Gasteiger partial charge in [-0.25, -0.2) is 4.99 Å². The minimum atomic E-state index is -2.84. The third kappa shape index (κ3) is 9.24. The summed E-state index contributed by atoms with van der Waals surface area (Å²) in [5, 5.41) is 5.33. The molecule has 0 saturated heterocycles. The van der Waals surface area contributed by atoms with Crippen LogP contribution in [0.15, 0.2) is 46.8 Å². The van der Waals surface area contributed by atoms with Crippen molar-refractivity contribution in [1.29, 1.82) is 0 Å². The predicted octanol–water partition coefficient (Wildman–Crippen LogP) is 3.68. The number of rotatable bonds is 9. The van der Waals surface area contributed by atoms with Gasteiger partial charge in [0.25, 0.3) is 0 Å². The Morgan fingerprint density at radius 1 is 1.20 bits per heavy atom. The van der Waals surface area contributed by atoms with E-state index in [-0.39, 0.29) is 42.2 Å². The summed E-state index contributed by atoms with van der Waals surface area (Å²) in [6.45, 7) is -1.62. The molecule has 2 rings (SSSR count). The standard InChI is InChI=1S/C20H26F2N4O2S.HI/c1-25(2)18(27)13-24-20(23-11-10-17-5-4-12-29-17)26(3)14-15-6-8-16(9-7-15)28-19(21)22;/h4-9,12,19H,10-11,13-14H2,1-3H3,(H,23,24);1H. The zero-order chi connectivity index (χ0) is 21.2. The summed E-state index contributed by atoms with van der Waals surface area (Å²) in [6.07, 6.45) is 0.853. The van der Waals surface area contributed by atoms with Crippen molar-refractivity contribution in [3.63, 3.8) is 0 Å². The number of nitrogens with one attached hydrogen (secondary N) is 1. The Morgan fingerprint density at radius 2 is 1.90 bits per heavy atom. The summed E-state index contributed by atoms with van der Waals surface area (Å²) < 4.78 is 28.9. The topological polar surface area (TPSA) is 57.2 Å². The van der Waals surface area contributed by atoms with E-state index in [0.29, 0.717) is 19.0 Å². The normalized spacial score (nSPS) is 11.1. The van der Waals surface area contributed by atoms with Crippen LogP contribution in [-0.4, -0.2) is 62.5 Å². The zero-order valence-electron chi connectivity index (χ0n) is 17.2. The first kappa shape index (κ1) is 26.1. The molecule has 1 heterocycles. The molecule has 0 unspecified atom stereocenters. The molecule has 0 bridgehead atoms. The number of alkyl halides is 2. The molecule has 30 heavy (non-hydrogen) atoms. The molecule has 0 radical (unpaired) electrons. The number of guanidine groups is 1. The predicted molar refractivity (Wildman–Crippen MR) is 127 cm³/mol. The Bertz CT molecular complexity index is 787. The summed E-state index contributed by atoms with van der Waals surface area (Å²) >= 11 is 1.69. The van der Waals surface area contributed by atoms with Crippen molar-refractivity contribution in [3.8, 4) is 5.75 Å². The fraction of sp³-hybridized carbons (Fsp3) is 0.400. The largest absolute Gasteiger partial charge is 0.435 e. The molecule has 1 amide bonds. The monoisotopic (exact) mass is 552 g/mol. The van der Waals surface area contributed by atoms with Gasteiger partial charge in [0.1, 0.15) is 12.3 Å². The van der Waals surface area contributed by atoms with E-state index in [1.807, 2.05) is 23.4 Å². The fourth-order valence-electron chi connectivity index (χ4n) is 2.47. The Hall–Kier alpha value is -1.95. The third-order valence-corrected chi connectivity index (χ3v) is 4.96. The number of ether oxygens (including phenoxy) is 1. The second-order valence-corrected chi connectivity index (χ2v) is 7.59. The van der Waals surface area contributed by atoms with E-state index >= 15 is 0 Å². The van der Waals surface area contributed by atoms with Crippen molar-refractivity contribution in [2.75, 3.05) is 34.2 Å². The van der Waals surface area contributed by atoms with Gasteiger partial charge in [-0.05, 0) is 35.6 Å². The Balaban J connectivity index is 0.00000450. The molecule has 10 heteroatoms. The number of halogens is 3. The van der Waals surface area contributed by atoms with Crippen LogP contribution in [0.4, 0.5) is 8.78 Å². The highest BCUT2D eigenvalue weighted by atomic mass is 127. The van der Waals surface area contributed by atoms with Gasteiger partial charge in [-0.1, -0.05) is 18.2 Å². The number of hydrogen-bond donors (Lipinski definition) is 1. The molecule has 166 valence electrons. The molecule has 0 aliphatic heterocycles. The van der Waals surface area contributed by atoms with E-state index in [9.17, 15) is 13.6 Å². The minimum absolute atomic E-state index is 0. The van der Waals surface area contributed by atoms with Crippen LogP contribution in [-0.2, 0) is 17.8 Å². The molecular formula is C20H27F2IN4O2S. The van der Waals surface area contributed by atoms with E-state index in [0.717, 1.165) is 12.0 Å². The maximum Gasteiger partial charge on any atom is 0.387 e. The zero-order valence-corrected chi connectivity index (χ0v) is 20.3. The lowest BCUT2D eigenvalue weighted by Crippen LogP contribution is -2.40. The summed E-state index contributed by atoms with van der Waals surface area (Å²) in [6, 6.07) is 10.5. The van der Waals surface area contributed by atoms with E-state index in [1.165, 1.54) is 21.9 Å². The van der Waals surface area contributed by atoms with Crippen LogP contribution in [0.2, 0.25) is 0 Å². The fourth-order valence-corrected chi connectivity index (χ4v) is 3.18. The van der Waals surface area contributed by atoms with Crippen LogP contribution in [0.25, 0.3) is 0 Å². The van der Waals surface area contributed by atoms with Gasteiger partial charge in [-0.15, -0.1) is 35.3 Å². The van der Waals surface area contributed by atoms with Gasteiger partial charge < -0.3 is 19.9 Å². The van der Waals surface area contributed by atoms with E-state index in [1.54, 1.807) is 37.6 Å². The first-order valence-corrected chi connectivity index (χ1v) is 9.99. The molecule has 1 N–H and O–H groups in total. The van der Waals surface area contributed by atoms with Crippen molar-refractivity contribution in [2.24, 2.45) is 4.99 Å². The van der Waals surface area contributed by atoms with Gasteiger partial charge in [-0.2, -0.15) is 8.78 Å². The number of likely N-dealkylation sites (N-methyl/N-ethyl adjacent to an activating group) is 1. The van der Waals surface area contributed by atoms with Crippen LogP contribution in [0.1, 0.15) is 10.4 Å². The van der Waals surface area contributed by atoms with Crippen molar-refractivity contribution < 1.29 is 18.3 Å². The number of aliphatic imine (C=N–C) groups is 1. The van der Waals surface area contributed by atoms with Gasteiger partial charge in [0.05, 0.1) is 0 Å². The highest BCUT2D eigenvalue weighted by Crippen LogP contribution is 2.16. The van der Waals surface area contributed by atoms with Gasteiger partial charge in [0, 0.05) is 39.1 Å². The number of carbonyl (C=O) groups excluding carboxylic acids is 1. The summed E-state index contributed by atoms with van der Waals surface area (Å²) in [5.74, 6) is 0.625. The second-order valence-electron chi connectivity index (χ2n) is 6.56. The summed E-state index contributed by atoms with van der Waals surface area (Å²) in [7, 11) is 5.24. The van der Waals surface area contributed by atoms with Crippen molar-refractivity contribution in [2.45, 2.75) is 19.6 Å². The molecule has 0 aliphatic rings. The van der Waals surface area contributed by atoms with Crippen LogP contribution in [0, 0.1) is 0 Å². The highest BCUT2D eigenvalue weighted by Gasteiger charge is 2.11. The lowest BCUT2D eigenvalue weighted by Gasteiger charge is -2.23. The highest BCUT2D eigenvalue weighted by molar-refractivity contribution is 14.0. The lowest BCUT2D eigenvalue weighted by molar-refractivity contribution is -0.127. The van der Waals surface area contributed by atoms with Gasteiger partial charge >= 0.3 is 6.61 Å². The number of benzene rings is 1. The van der Waals surface area contributed by atoms with Crippen molar-refractivity contribution in [3.05, 3.63) is 52.2 Å². The molecular weight excluding hydrogens is 525 g/mol. The van der Waals surface area contributed by atoms with Gasteiger partial charge in [-0.3, -0.25) is 4.79 Å². The Kier molecular flexibility index (Phi) is 11.6. The van der Waals surface area contributed by atoms with Crippen LogP contribution < -0.4 is 10.1 Å². The average molecular weight is 552 g/mol. The van der Waals surface area contributed by atoms with Crippen LogP contribution in [0.5, 0.6) is 5.75 Å². The van der Waals surface area contributed by atoms with E-state index < -0.39 is 6.61 Å². The molecule has 0 fully saturated rings. The lowest BCUT2D eigenvalue weighted by atomic mass is 10.2. The summed E-state index contributed by atoms with van der Waals surface area (Å²) in [5.41, 5.74) is 0.904. The molecule has 1 aromatic carbocycles. The second kappa shape index (κ2) is 13.4. The van der Waals surface area contributed by atoms with Crippen molar-refractivity contribution >= 4 is 47.2 Å². The molecule has 0 aliphatic carbocycles. The smallest absolute Gasteiger partial charge is 0.387 e. The van der Waals surface area contributed by atoms with E-state index in [4.69, 9.17) is 0 Å². The van der Waals surface area contributed by atoms with Gasteiger partial charge in [0.15, 0.2) is 5.96 Å². The number of nitrogens with zero attached hydrogens (tertiary/aromatic N) is 3. The van der Waals surface area contributed by atoms with Crippen LogP contribution >= 0.6 is 35.3 Å². The average Bonchev–Trinajstić information content (AvgIpc) is 3.18. The molecule has 0 atom stereocenters. The first-order chi connectivity index (χ1) is 13.8. The third-order valence-electron chi connectivity index (χ3n) is 4.03. The molecule has 1 aromatic heterocycles. The maximum absolute atomic E-state index is 12.3. The number of thiophene rings is 1. The SMILES string of the molecule is CN(C)C(=O)CN=C(NCCc1cccs1)N(C)Cc1ccc(OC(F)F)cc1.I.